The summed E-state index contributed by atoms with van der Waals surface area (Å²) in [5, 5.41) is 3.37. The maximum Gasteiger partial charge on any atom is 0.258 e. The molecule has 184 valence electrons. The Kier molecular flexibility index (Phi) is 9.34. The highest BCUT2D eigenvalue weighted by molar-refractivity contribution is 6.36. The predicted molar refractivity (Wildman–Crippen MR) is 135 cm³/mol. The molecule has 2 aromatic carbocycles. The average Bonchev–Trinajstić information content (AvgIpc) is 2.87. The fourth-order valence-corrected chi connectivity index (χ4v) is 3.90. The fourth-order valence-electron chi connectivity index (χ4n) is 3.41. The van der Waals surface area contributed by atoms with Crippen molar-refractivity contribution in [3.63, 3.8) is 0 Å². The van der Waals surface area contributed by atoms with Gasteiger partial charge >= 0.3 is 0 Å². The molecule has 1 N–H and O–H groups in total. The van der Waals surface area contributed by atoms with E-state index >= 15 is 0 Å². The lowest BCUT2D eigenvalue weighted by molar-refractivity contribution is -0.123. The molecule has 3 rings (SSSR count). The Morgan fingerprint density at radius 3 is 2.17 bits per heavy atom. The van der Waals surface area contributed by atoms with Crippen LogP contribution in [0.4, 0.5) is 0 Å². The summed E-state index contributed by atoms with van der Waals surface area (Å²) in [6.07, 6.45) is 3.69. The lowest BCUT2D eigenvalue weighted by Crippen LogP contribution is -2.28. The van der Waals surface area contributed by atoms with Crippen LogP contribution in [0.5, 0.6) is 17.2 Å². The van der Waals surface area contributed by atoms with Crippen LogP contribution in [0.1, 0.15) is 34.0 Å². The van der Waals surface area contributed by atoms with Gasteiger partial charge in [-0.3, -0.25) is 14.6 Å². The van der Waals surface area contributed by atoms with Gasteiger partial charge in [0.05, 0.1) is 29.8 Å². The summed E-state index contributed by atoms with van der Waals surface area (Å²) in [6, 6.07) is 11.1. The van der Waals surface area contributed by atoms with Crippen molar-refractivity contribution < 1.29 is 23.8 Å². The summed E-state index contributed by atoms with van der Waals surface area (Å²) in [7, 11) is 2.89. The van der Waals surface area contributed by atoms with Crippen molar-refractivity contribution in [2.24, 2.45) is 0 Å². The number of nitrogens with zero attached hydrogens (tertiary/aromatic N) is 1. The van der Waals surface area contributed by atoms with Crippen LogP contribution in [-0.4, -0.2) is 37.5 Å². The zero-order chi connectivity index (χ0) is 25.4. The van der Waals surface area contributed by atoms with Gasteiger partial charge in [-0.25, -0.2) is 0 Å². The number of rotatable bonds is 11. The Balaban J connectivity index is 1.77. The molecule has 1 heterocycles. The van der Waals surface area contributed by atoms with E-state index in [-0.39, 0.29) is 51.8 Å². The van der Waals surface area contributed by atoms with Crippen molar-refractivity contribution >= 4 is 34.9 Å². The molecule has 3 aromatic rings. The summed E-state index contributed by atoms with van der Waals surface area (Å²) in [6.45, 7) is 2.11. The van der Waals surface area contributed by atoms with E-state index in [9.17, 15) is 9.59 Å². The number of amides is 1. The number of hydrogen-bond acceptors (Lipinski definition) is 6. The first-order valence-electron chi connectivity index (χ1n) is 10.9. The molecule has 0 bridgehead atoms. The van der Waals surface area contributed by atoms with E-state index in [4.69, 9.17) is 37.4 Å². The van der Waals surface area contributed by atoms with E-state index in [2.05, 4.69) is 17.2 Å². The van der Waals surface area contributed by atoms with Crippen LogP contribution >= 0.6 is 23.2 Å². The standard InChI is InChI=1S/C26H26Cl2N2O5/c1-4-16-5-7-17(8-6-16)12-30-24(32)15-35-25-18(9-10-23(33-2)26(25)34-3)22(31)11-19-20(27)13-29-14-21(19)28/h5-10,13-14H,4,11-12,15H2,1-3H3,(H,30,32). The molecule has 0 saturated heterocycles. The molecular formula is C26H26Cl2N2O5. The Hall–Kier alpha value is -3.29. The van der Waals surface area contributed by atoms with Crippen LogP contribution in [0.25, 0.3) is 0 Å². The maximum absolute atomic E-state index is 13.2. The van der Waals surface area contributed by atoms with Crippen LogP contribution in [0.3, 0.4) is 0 Å². The Bertz CT molecular complexity index is 1180. The molecule has 0 aliphatic rings. The van der Waals surface area contributed by atoms with Crippen molar-refractivity contribution in [1.82, 2.24) is 10.3 Å². The van der Waals surface area contributed by atoms with Crippen molar-refractivity contribution in [3.8, 4) is 17.2 Å². The largest absolute Gasteiger partial charge is 0.493 e. The van der Waals surface area contributed by atoms with Gasteiger partial charge in [-0.1, -0.05) is 54.4 Å². The zero-order valence-electron chi connectivity index (χ0n) is 19.7. The van der Waals surface area contributed by atoms with Gasteiger partial charge in [0, 0.05) is 30.9 Å². The first kappa shape index (κ1) is 26.3. The first-order chi connectivity index (χ1) is 16.9. The van der Waals surface area contributed by atoms with Crippen LogP contribution in [0, 0.1) is 0 Å². The first-order valence-corrected chi connectivity index (χ1v) is 11.7. The van der Waals surface area contributed by atoms with Crippen LogP contribution in [0.15, 0.2) is 48.8 Å². The van der Waals surface area contributed by atoms with Gasteiger partial charge in [-0.15, -0.1) is 0 Å². The van der Waals surface area contributed by atoms with Gasteiger partial charge < -0.3 is 19.5 Å². The Morgan fingerprint density at radius 2 is 1.57 bits per heavy atom. The number of carbonyl (C=O) groups excluding carboxylic acids is 2. The molecular weight excluding hydrogens is 491 g/mol. The average molecular weight is 517 g/mol. The van der Waals surface area contributed by atoms with Crippen molar-refractivity contribution in [2.75, 3.05) is 20.8 Å². The molecule has 9 heteroatoms. The third kappa shape index (κ3) is 6.65. The molecule has 0 spiro atoms. The second-order valence-electron chi connectivity index (χ2n) is 7.59. The Labute approximate surface area is 214 Å². The highest BCUT2D eigenvalue weighted by Crippen LogP contribution is 2.40. The SMILES string of the molecule is CCc1ccc(CNC(=O)COc2c(C(=O)Cc3c(Cl)cncc3Cl)ccc(OC)c2OC)cc1. The van der Waals surface area contributed by atoms with Gasteiger partial charge in [0.2, 0.25) is 5.75 Å². The summed E-state index contributed by atoms with van der Waals surface area (Å²) in [5.41, 5.74) is 2.84. The van der Waals surface area contributed by atoms with E-state index < -0.39 is 0 Å². The number of aryl methyl sites for hydroxylation is 1. The molecule has 0 aliphatic carbocycles. The number of aromatic nitrogens is 1. The normalized spacial score (nSPS) is 10.5. The number of ether oxygens (including phenoxy) is 3. The monoisotopic (exact) mass is 516 g/mol. The summed E-state index contributed by atoms with van der Waals surface area (Å²) in [4.78, 5) is 29.6. The molecule has 35 heavy (non-hydrogen) atoms. The van der Waals surface area contributed by atoms with E-state index in [1.165, 1.54) is 32.2 Å². The number of nitrogens with one attached hydrogen (secondary N) is 1. The van der Waals surface area contributed by atoms with Gasteiger partial charge in [-0.2, -0.15) is 0 Å². The zero-order valence-corrected chi connectivity index (χ0v) is 21.2. The number of methoxy groups -OCH3 is 2. The van der Waals surface area contributed by atoms with Crippen molar-refractivity contribution in [2.45, 2.75) is 26.3 Å². The second-order valence-corrected chi connectivity index (χ2v) is 8.41. The minimum absolute atomic E-state index is 0.0913. The Morgan fingerprint density at radius 1 is 0.914 bits per heavy atom. The number of pyridine rings is 1. The molecule has 1 aromatic heterocycles. The van der Waals surface area contributed by atoms with Gasteiger partial charge in [0.1, 0.15) is 0 Å². The van der Waals surface area contributed by atoms with Gasteiger partial charge in [-0.05, 0) is 29.7 Å². The molecule has 0 unspecified atom stereocenters. The lowest BCUT2D eigenvalue weighted by Gasteiger charge is -2.17. The highest BCUT2D eigenvalue weighted by Gasteiger charge is 2.23. The van der Waals surface area contributed by atoms with Crippen LogP contribution in [-0.2, 0) is 24.2 Å². The number of ketones is 1. The second kappa shape index (κ2) is 12.4. The van der Waals surface area contributed by atoms with Crippen LogP contribution in [0.2, 0.25) is 10.0 Å². The number of carbonyl (C=O) groups is 2. The number of Topliss-reactive ketones (excluding diaryl/α,β-unsaturated/α-hetero) is 1. The fraction of sp³-hybridized carbons (Fsp3) is 0.269. The van der Waals surface area contributed by atoms with Crippen molar-refractivity contribution in [3.05, 3.63) is 81.1 Å². The predicted octanol–water partition coefficient (Wildman–Crippen LogP) is 5.09. The van der Waals surface area contributed by atoms with E-state index in [0.717, 1.165) is 12.0 Å². The number of hydrogen-bond donors (Lipinski definition) is 1. The number of halogens is 2. The summed E-state index contributed by atoms with van der Waals surface area (Å²) >= 11 is 12.4. The highest BCUT2D eigenvalue weighted by atomic mass is 35.5. The maximum atomic E-state index is 13.2. The molecule has 0 atom stereocenters. The van der Waals surface area contributed by atoms with Crippen LogP contribution < -0.4 is 19.5 Å². The third-order valence-electron chi connectivity index (χ3n) is 5.36. The molecule has 1 amide bonds. The minimum atomic E-state index is -0.354. The topological polar surface area (TPSA) is 86.8 Å². The quantitative estimate of drug-likeness (QED) is 0.357. The molecule has 7 nitrogen and oxygen atoms in total. The molecule has 0 radical (unpaired) electrons. The van der Waals surface area contributed by atoms with E-state index in [1.54, 1.807) is 12.1 Å². The summed E-state index contributed by atoms with van der Waals surface area (Å²) < 4.78 is 16.6. The van der Waals surface area contributed by atoms with E-state index in [1.807, 2.05) is 24.3 Å². The lowest BCUT2D eigenvalue weighted by atomic mass is 10.0. The molecule has 0 aliphatic heterocycles. The smallest absolute Gasteiger partial charge is 0.258 e. The molecule has 0 fully saturated rings. The number of benzene rings is 2. The van der Waals surface area contributed by atoms with Gasteiger partial charge in [0.25, 0.3) is 5.91 Å². The third-order valence-corrected chi connectivity index (χ3v) is 6.01. The molecule has 0 saturated carbocycles. The minimum Gasteiger partial charge on any atom is -0.493 e. The van der Waals surface area contributed by atoms with Gasteiger partial charge in [0.15, 0.2) is 23.9 Å². The summed E-state index contributed by atoms with van der Waals surface area (Å²) in [5.74, 6) is -0.0234. The van der Waals surface area contributed by atoms with Crippen molar-refractivity contribution in [1.29, 1.82) is 0 Å². The van der Waals surface area contributed by atoms with E-state index in [0.29, 0.717) is 17.9 Å².